The summed E-state index contributed by atoms with van der Waals surface area (Å²) in [4.78, 5) is 5.84. The van der Waals surface area contributed by atoms with E-state index in [1.807, 2.05) is 148 Å². The Hall–Kier alpha value is -6.12. The zero-order valence-electron chi connectivity index (χ0n) is 44.2. The summed E-state index contributed by atoms with van der Waals surface area (Å²) < 4.78 is 33.3. The highest BCUT2D eigenvalue weighted by Gasteiger charge is 2.13. The molecule has 3 N–H and O–H groups in total. The van der Waals surface area contributed by atoms with E-state index in [1.165, 1.54) is 16.7 Å². The number of rotatable bonds is 27. The lowest BCUT2D eigenvalue weighted by molar-refractivity contribution is 0.0826. The number of aliphatic hydroxyl groups excluding tert-OH is 3. The number of likely N-dealkylation sites (N-methyl/N-ethyl adjacent to an activating group) is 3. The van der Waals surface area contributed by atoms with Crippen LogP contribution < -0.4 is 28.4 Å². The molecule has 12 heteroatoms. The summed E-state index contributed by atoms with van der Waals surface area (Å²) in [5, 5.41) is 29.9. The van der Waals surface area contributed by atoms with Crippen LogP contribution in [0.4, 0.5) is 0 Å². The average Bonchev–Trinajstić information content (AvgIpc) is 3.38. The molecular weight excluding hydrogens is 907 g/mol. The highest BCUT2D eigenvalue weighted by Crippen LogP contribution is 2.25. The molecule has 0 amide bonds. The third-order valence-electron chi connectivity index (χ3n) is 11.4. The van der Waals surface area contributed by atoms with Gasteiger partial charge < -0.3 is 58.4 Å². The van der Waals surface area contributed by atoms with Crippen molar-refractivity contribution in [1.29, 1.82) is 0 Å². The molecule has 0 heterocycles. The largest absolute Gasteiger partial charge is 0.497 e. The maximum absolute atomic E-state index is 9.96. The van der Waals surface area contributed by atoms with Gasteiger partial charge in [-0.15, -0.1) is 0 Å². The highest BCUT2D eigenvalue weighted by molar-refractivity contribution is 5.38. The van der Waals surface area contributed by atoms with Crippen molar-refractivity contribution in [3.05, 3.63) is 179 Å². The van der Waals surface area contributed by atoms with E-state index in [0.717, 1.165) is 89.7 Å². The standard InChI is InChI=1S/3C20H27NO3/c3*1-21(2)14-18(22)15-24-20-10-5-4-8-17(20)12-11-16-7-6-9-19(13-16)23-3/h3*4-10,13,18,22H,11-12,14-15H2,1-3H3/t2*18-;/m10./s1. The number of aryl methyl sites for hydroxylation is 6. The summed E-state index contributed by atoms with van der Waals surface area (Å²) >= 11 is 0. The summed E-state index contributed by atoms with van der Waals surface area (Å²) in [6.07, 6.45) is 3.91. The van der Waals surface area contributed by atoms with Gasteiger partial charge in [0.2, 0.25) is 0 Å². The van der Waals surface area contributed by atoms with Crippen LogP contribution in [-0.2, 0) is 38.5 Å². The van der Waals surface area contributed by atoms with E-state index >= 15 is 0 Å². The molecule has 6 aromatic carbocycles. The Balaban J connectivity index is 0.000000234. The molecule has 0 fully saturated rings. The van der Waals surface area contributed by atoms with Crippen molar-refractivity contribution in [2.24, 2.45) is 0 Å². The van der Waals surface area contributed by atoms with Gasteiger partial charge in [-0.05, 0) is 169 Å². The first kappa shape index (κ1) is 58.5. The third-order valence-corrected chi connectivity index (χ3v) is 11.4. The van der Waals surface area contributed by atoms with Gasteiger partial charge >= 0.3 is 0 Å². The average molecular weight is 988 g/mol. The van der Waals surface area contributed by atoms with Crippen molar-refractivity contribution in [1.82, 2.24) is 14.7 Å². The van der Waals surface area contributed by atoms with E-state index in [1.54, 1.807) is 21.3 Å². The minimum Gasteiger partial charge on any atom is -0.497 e. The first-order valence-corrected chi connectivity index (χ1v) is 24.7. The lowest BCUT2D eigenvalue weighted by Crippen LogP contribution is -2.30. The van der Waals surface area contributed by atoms with E-state index in [9.17, 15) is 15.3 Å². The molecule has 390 valence electrons. The van der Waals surface area contributed by atoms with Gasteiger partial charge in [0.05, 0.1) is 21.3 Å². The number of ether oxygens (including phenoxy) is 6. The molecule has 72 heavy (non-hydrogen) atoms. The molecule has 1 unspecified atom stereocenters. The highest BCUT2D eigenvalue weighted by atomic mass is 16.5. The Morgan fingerprint density at radius 2 is 0.611 bits per heavy atom. The second kappa shape index (κ2) is 32.8. The Labute approximate surface area is 430 Å². The van der Waals surface area contributed by atoms with Gasteiger partial charge in [0.15, 0.2) is 0 Å². The fourth-order valence-electron chi connectivity index (χ4n) is 7.85. The SMILES string of the molecule is COc1cccc(CCc2ccccc2OCC(O)CN(C)C)c1.COc1cccc(CCc2ccccc2OC[C@@H](O)CN(C)C)c1.COc1cccc(CCc2ccccc2OC[C@H](O)CN(C)C)c1. The predicted molar refractivity (Wildman–Crippen MR) is 291 cm³/mol. The van der Waals surface area contributed by atoms with Gasteiger partial charge in [-0.25, -0.2) is 0 Å². The molecule has 0 aliphatic heterocycles. The Morgan fingerprint density at radius 3 is 0.861 bits per heavy atom. The topological polar surface area (TPSA) is 126 Å². The predicted octanol–water partition coefficient (Wildman–Crippen LogP) is 8.35. The number of hydrogen-bond donors (Lipinski definition) is 3. The number of methoxy groups -OCH3 is 3. The molecule has 0 aliphatic carbocycles. The normalized spacial score (nSPS) is 12.2. The summed E-state index contributed by atoms with van der Waals surface area (Å²) in [6.45, 7) is 2.67. The molecular formula is C60H81N3O9. The van der Waals surface area contributed by atoms with Gasteiger partial charge in [-0.2, -0.15) is 0 Å². The van der Waals surface area contributed by atoms with E-state index in [0.29, 0.717) is 39.5 Å². The summed E-state index contributed by atoms with van der Waals surface area (Å²) in [5.41, 5.74) is 7.15. The molecule has 6 aromatic rings. The van der Waals surface area contributed by atoms with Crippen LogP contribution in [0.3, 0.4) is 0 Å². The summed E-state index contributed by atoms with van der Waals surface area (Å²) in [6, 6.07) is 48.4. The van der Waals surface area contributed by atoms with Crippen LogP contribution in [0.25, 0.3) is 0 Å². The van der Waals surface area contributed by atoms with Gasteiger partial charge in [-0.1, -0.05) is 91.0 Å². The molecule has 3 atom stereocenters. The Bertz CT molecular complexity index is 2150. The smallest absolute Gasteiger partial charge is 0.122 e. The number of hydrogen-bond acceptors (Lipinski definition) is 12. The number of nitrogens with zero attached hydrogens (tertiary/aromatic N) is 3. The van der Waals surface area contributed by atoms with Gasteiger partial charge in [0, 0.05) is 19.6 Å². The van der Waals surface area contributed by atoms with Gasteiger partial charge in [0.25, 0.3) is 0 Å². The first-order valence-electron chi connectivity index (χ1n) is 24.7. The summed E-state index contributed by atoms with van der Waals surface area (Å²) in [5.74, 6) is 5.17. The zero-order chi connectivity index (χ0) is 52.1. The minimum atomic E-state index is -0.494. The maximum Gasteiger partial charge on any atom is 0.122 e. The van der Waals surface area contributed by atoms with Crippen LogP contribution in [0, 0.1) is 0 Å². The molecule has 0 spiro atoms. The Morgan fingerprint density at radius 1 is 0.347 bits per heavy atom. The van der Waals surface area contributed by atoms with Crippen molar-refractivity contribution in [3.8, 4) is 34.5 Å². The van der Waals surface area contributed by atoms with Crippen LogP contribution in [-0.4, -0.2) is 151 Å². The fraction of sp³-hybridized carbons (Fsp3) is 0.400. The van der Waals surface area contributed by atoms with E-state index in [2.05, 4.69) is 54.6 Å². The van der Waals surface area contributed by atoms with Gasteiger partial charge in [0.1, 0.15) is 72.6 Å². The maximum atomic E-state index is 9.96. The van der Waals surface area contributed by atoms with E-state index in [-0.39, 0.29) is 0 Å². The number of para-hydroxylation sites is 3. The number of benzene rings is 6. The van der Waals surface area contributed by atoms with Crippen LogP contribution >= 0.6 is 0 Å². The minimum absolute atomic E-state index is 0.300. The molecule has 0 aliphatic rings. The third kappa shape index (κ3) is 23.0. The van der Waals surface area contributed by atoms with E-state index in [4.69, 9.17) is 28.4 Å². The fourth-order valence-corrected chi connectivity index (χ4v) is 7.85. The van der Waals surface area contributed by atoms with Crippen LogP contribution in [0.2, 0.25) is 0 Å². The molecule has 0 radical (unpaired) electrons. The first-order chi connectivity index (χ1) is 34.7. The quantitative estimate of drug-likeness (QED) is 0.0460. The molecule has 0 bridgehead atoms. The number of aliphatic hydroxyl groups is 3. The second-order valence-corrected chi connectivity index (χ2v) is 18.6. The van der Waals surface area contributed by atoms with Gasteiger partial charge in [-0.3, -0.25) is 0 Å². The molecule has 6 rings (SSSR count). The van der Waals surface area contributed by atoms with Crippen molar-refractivity contribution >= 4 is 0 Å². The molecule has 0 saturated heterocycles. The van der Waals surface area contributed by atoms with Crippen molar-refractivity contribution in [2.45, 2.75) is 56.8 Å². The molecule has 0 saturated carbocycles. The Kier molecular flexibility index (Phi) is 26.6. The van der Waals surface area contributed by atoms with Crippen LogP contribution in [0.1, 0.15) is 33.4 Å². The van der Waals surface area contributed by atoms with Crippen LogP contribution in [0.5, 0.6) is 34.5 Å². The second-order valence-electron chi connectivity index (χ2n) is 18.6. The monoisotopic (exact) mass is 988 g/mol. The van der Waals surface area contributed by atoms with Crippen molar-refractivity contribution in [3.63, 3.8) is 0 Å². The molecule has 12 nitrogen and oxygen atoms in total. The van der Waals surface area contributed by atoms with Crippen molar-refractivity contribution < 1.29 is 43.7 Å². The summed E-state index contributed by atoms with van der Waals surface area (Å²) in [7, 11) is 16.7. The van der Waals surface area contributed by atoms with Crippen molar-refractivity contribution in [2.75, 3.05) is 103 Å². The lowest BCUT2D eigenvalue weighted by atomic mass is 10.0. The van der Waals surface area contributed by atoms with Crippen LogP contribution in [0.15, 0.2) is 146 Å². The van der Waals surface area contributed by atoms with E-state index < -0.39 is 18.3 Å². The molecule has 0 aromatic heterocycles. The zero-order valence-corrected chi connectivity index (χ0v) is 44.2. The lowest BCUT2D eigenvalue weighted by Gasteiger charge is -2.18.